The molecule has 110 valence electrons. The van der Waals surface area contributed by atoms with Crippen molar-refractivity contribution >= 4 is 16.7 Å². The van der Waals surface area contributed by atoms with Gasteiger partial charge < -0.3 is 10.1 Å². The summed E-state index contributed by atoms with van der Waals surface area (Å²) in [6.45, 7) is 1.27. The van der Waals surface area contributed by atoms with Gasteiger partial charge in [-0.15, -0.1) is 0 Å². The minimum Gasteiger partial charge on any atom is -0.376 e. The Kier molecular flexibility index (Phi) is 4.15. The lowest BCUT2D eigenvalue weighted by Gasteiger charge is -2.22. The summed E-state index contributed by atoms with van der Waals surface area (Å²) in [7, 11) is 0. The van der Waals surface area contributed by atoms with E-state index >= 15 is 0 Å². The zero-order valence-electron chi connectivity index (χ0n) is 11.8. The van der Waals surface area contributed by atoms with Crippen molar-refractivity contribution < 1.29 is 13.9 Å². The first-order valence-electron chi connectivity index (χ1n) is 7.33. The van der Waals surface area contributed by atoms with E-state index in [0.717, 1.165) is 25.9 Å². The van der Waals surface area contributed by atoms with Crippen LogP contribution in [0.2, 0.25) is 0 Å². The Bertz CT molecular complexity index is 650. The predicted molar refractivity (Wildman–Crippen MR) is 79.8 cm³/mol. The maximum atomic E-state index is 13.8. The molecule has 1 fully saturated rings. The normalized spacial score (nSPS) is 18.6. The van der Waals surface area contributed by atoms with Crippen LogP contribution in [0, 0.1) is 5.82 Å². The monoisotopic (exact) mass is 287 g/mol. The lowest BCUT2D eigenvalue weighted by Crippen LogP contribution is -2.35. The molecule has 1 N–H and O–H groups in total. The maximum absolute atomic E-state index is 13.8. The minimum atomic E-state index is -0.308. The lowest BCUT2D eigenvalue weighted by atomic mass is 10.0. The van der Waals surface area contributed by atoms with Crippen molar-refractivity contribution in [3.05, 3.63) is 47.8 Å². The molecule has 2 aromatic carbocycles. The van der Waals surface area contributed by atoms with Gasteiger partial charge in [-0.2, -0.15) is 0 Å². The van der Waals surface area contributed by atoms with Crippen molar-refractivity contribution in [1.82, 2.24) is 5.32 Å². The van der Waals surface area contributed by atoms with Crippen LogP contribution in [0.1, 0.15) is 29.6 Å². The van der Waals surface area contributed by atoms with E-state index < -0.39 is 0 Å². The molecule has 3 rings (SSSR count). The molecule has 1 aliphatic rings. The summed E-state index contributed by atoms with van der Waals surface area (Å²) in [5.74, 6) is -0.488. The van der Waals surface area contributed by atoms with E-state index in [2.05, 4.69) is 5.32 Å². The first-order chi connectivity index (χ1) is 10.3. The van der Waals surface area contributed by atoms with E-state index in [9.17, 15) is 9.18 Å². The van der Waals surface area contributed by atoms with Gasteiger partial charge in [0.15, 0.2) is 0 Å². The molecular formula is C17H18FNO2. The smallest absolute Gasteiger partial charge is 0.252 e. The van der Waals surface area contributed by atoms with E-state index in [1.54, 1.807) is 18.2 Å². The predicted octanol–water partition coefficient (Wildman–Crippen LogP) is 3.28. The van der Waals surface area contributed by atoms with Crippen LogP contribution in [0.4, 0.5) is 4.39 Å². The zero-order valence-corrected chi connectivity index (χ0v) is 11.8. The highest BCUT2D eigenvalue weighted by atomic mass is 19.1. The van der Waals surface area contributed by atoms with Gasteiger partial charge in [-0.25, -0.2) is 4.39 Å². The topological polar surface area (TPSA) is 38.3 Å². The third kappa shape index (κ3) is 3.05. The summed E-state index contributed by atoms with van der Waals surface area (Å²) in [5, 5.41) is 4.00. The largest absolute Gasteiger partial charge is 0.376 e. The number of benzene rings is 2. The van der Waals surface area contributed by atoms with Crippen molar-refractivity contribution in [2.75, 3.05) is 13.2 Å². The lowest BCUT2D eigenvalue weighted by molar-refractivity contribution is 0.0169. The number of amides is 1. The second-order valence-corrected chi connectivity index (χ2v) is 5.34. The van der Waals surface area contributed by atoms with Crippen LogP contribution in [0.15, 0.2) is 36.4 Å². The molecule has 1 heterocycles. The SMILES string of the molecule is O=C(NCC1CCCCO1)c1ccc(F)c2ccccc12. The average Bonchev–Trinajstić information content (AvgIpc) is 2.54. The quantitative estimate of drug-likeness (QED) is 0.941. The van der Waals surface area contributed by atoms with Gasteiger partial charge in [0.1, 0.15) is 5.82 Å². The number of halogens is 1. The van der Waals surface area contributed by atoms with Crippen LogP contribution in [-0.2, 0) is 4.74 Å². The number of carbonyl (C=O) groups excluding carboxylic acids is 1. The number of hydrogen-bond donors (Lipinski definition) is 1. The molecule has 21 heavy (non-hydrogen) atoms. The average molecular weight is 287 g/mol. The number of fused-ring (bicyclic) bond motifs is 1. The Balaban J connectivity index is 1.77. The summed E-state index contributed by atoms with van der Waals surface area (Å²) in [6.07, 6.45) is 3.30. The summed E-state index contributed by atoms with van der Waals surface area (Å²) < 4.78 is 19.4. The van der Waals surface area contributed by atoms with Crippen LogP contribution in [0.3, 0.4) is 0 Å². The highest BCUT2D eigenvalue weighted by Gasteiger charge is 2.17. The molecule has 0 bridgehead atoms. The first-order valence-corrected chi connectivity index (χ1v) is 7.33. The van der Waals surface area contributed by atoms with Crippen molar-refractivity contribution in [3.8, 4) is 0 Å². The van der Waals surface area contributed by atoms with Crippen LogP contribution in [-0.4, -0.2) is 25.2 Å². The molecule has 1 amide bonds. The molecule has 0 saturated carbocycles. The Morgan fingerprint density at radius 3 is 2.76 bits per heavy atom. The Morgan fingerprint density at radius 2 is 2.00 bits per heavy atom. The van der Waals surface area contributed by atoms with E-state index in [1.807, 2.05) is 6.07 Å². The third-order valence-corrected chi connectivity index (χ3v) is 3.88. The molecule has 4 heteroatoms. The summed E-state index contributed by atoms with van der Waals surface area (Å²) in [6, 6.07) is 9.91. The molecule has 0 spiro atoms. The number of nitrogens with one attached hydrogen (secondary N) is 1. The fourth-order valence-corrected chi connectivity index (χ4v) is 2.73. The number of rotatable bonds is 3. The van der Waals surface area contributed by atoms with Gasteiger partial charge in [-0.05, 0) is 36.8 Å². The van der Waals surface area contributed by atoms with Gasteiger partial charge in [-0.3, -0.25) is 4.79 Å². The van der Waals surface area contributed by atoms with Crippen LogP contribution in [0.5, 0.6) is 0 Å². The molecule has 1 aliphatic heterocycles. The molecule has 1 atom stereocenters. The molecule has 1 unspecified atom stereocenters. The van der Waals surface area contributed by atoms with E-state index in [0.29, 0.717) is 22.9 Å². The Labute approximate surface area is 123 Å². The maximum Gasteiger partial charge on any atom is 0.252 e. The second-order valence-electron chi connectivity index (χ2n) is 5.34. The highest BCUT2D eigenvalue weighted by molar-refractivity contribution is 6.07. The highest BCUT2D eigenvalue weighted by Crippen LogP contribution is 2.22. The van der Waals surface area contributed by atoms with Crippen molar-refractivity contribution in [1.29, 1.82) is 0 Å². The standard InChI is InChI=1S/C17H18FNO2/c18-16-9-8-15(13-6-1-2-7-14(13)16)17(20)19-11-12-5-3-4-10-21-12/h1-2,6-9,12H,3-5,10-11H2,(H,19,20). The number of ether oxygens (including phenoxy) is 1. The van der Waals surface area contributed by atoms with E-state index in [4.69, 9.17) is 4.74 Å². The van der Waals surface area contributed by atoms with Crippen LogP contribution in [0.25, 0.3) is 10.8 Å². The van der Waals surface area contributed by atoms with E-state index in [-0.39, 0.29) is 17.8 Å². The van der Waals surface area contributed by atoms with Gasteiger partial charge in [-0.1, -0.05) is 24.3 Å². The third-order valence-electron chi connectivity index (χ3n) is 3.88. The van der Waals surface area contributed by atoms with Crippen molar-refractivity contribution in [2.45, 2.75) is 25.4 Å². The molecule has 0 aliphatic carbocycles. The molecule has 0 aromatic heterocycles. The summed E-state index contributed by atoms with van der Waals surface area (Å²) in [4.78, 5) is 12.3. The fraction of sp³-hybridized carbons (Fsp3) is 0.353. The van der Waals surface area contributed by atoms with Crippen molar-refractivity contribution in [3.63, 3.8) is 0 Å². The first kappa shape index (κ1) is 14.0. The minimum absolute atomic E-state index is 0.0920. The number of hydrogen-bond acceptors (Lipinski definition) is 2. The van der Waals surface area contributed by atoms with Crippen molar-refractivity contribution in [2.24, 2.45) is 0 Å². The molecule has 3 nitrogen and oxygen atoms in total. The Morgan fingerprint density at radius 1 is 1.19 bits per heavy atom. The van der Waals surface area contributed by atoms with Crippen LogP contribution < -0.4 is 5.32 Å². The van der Waals surface area contributed by atoms with Gasteiger partial charge in [0.2, 0.25) is 0 Å². The van der Waals surface area contributed by atoms with Crippen LogP contribution >= 0.6 is 0 Å². The van der Waals surface area contributed by atoms with Gasteiger partial charge in [0.05, 0.1) is 6.10 Å². The zero-order chi connectivity index (χ0) is 14.7. The summed E-state index contributed by atoms with van der Waals surface area (Å²) in [5.41, 5.74) is 0.503. The fourth-order valence-electron chi connectivity index (χ4n) is 2.73. The number of carbonyl (C=O) groups is 1. The molecule has 2 aromatic rings. The molecule has 1 saturated heterocycles. The van der Waals surface area contributed by atoms with Gasteiger partial charge >= 0.3 is 0 Å². The Hall–Kier alpha value is -1.94. The van der Waals surface area contributed by atoms with Gasteiger partial charge in [0.25, 0.3) is 5.91 Å². The molecular weight excluding hydrogens is 269 g/mol. The van der Waals surface area contributed by atoms with E-state index in [1.165, 1.54) is 12.1 Å². The second kappa shape index (κ2) is 6.22. The summed E-state index contributed by atoms with van der Waals surface area (Å²) >= 11 is 0. The van der Waals surface area contributed by atoms with Gasteiger partial charge in [0, 0.05) is 24.1 Å². The molecule has 0 radical (unpaired) electrons.